The van der Waals surface area contributed by atoms with Gasteiger partial charge in [0.05, 0.1) is 35.2 Å². The van der Waals surface area contributed by atoms with Crippen LogP contribution in [0.5, 0.6) is 0 Å². The van der Waals surface area contributed by atoms with E-state index in [1.807, 2.05) is 23.9 Å². The number of benzene rings is 1. The van der Waals surface area contributed by atoms with E-state index in [2.05, 4.69) is 15.6 Å². The number of carbonyl (C=O) groups excluding carboxylic acids is 1. The van der Waals surface area contributed by atoms with Crippen molar-refractivity contribution in [1.29, 1.82) is 0 Å². The van der Waals surface area contributed by atoms with Crippen LogP contribution in [0.3, 0.4) is 0 Å². The van der Waals surface area contributed by atoms with Crippen LogP contribution in [0.2, 0.25) is 0 Å². The Hall–Kier alpha value is -2.96. The number of pyridine rings is 1. The second-order valence-electron chi connectivity index (χ2n) is 8.88. The van der Waals surface area contributed by atoms with E-state index >= 15 is 4.39 Å². The molecule has 2 fully saturated rings. The van der Waals surface area contributed by atoms with E-state index in [9.17, 15) is 22.8 Å². The van der Waals surface area contributed by atoms with Crippen LogP contribution in [0.4, 0.5) is 28.9 Å². The molecule has 0 aliphatic carbocycles. The number of aromatic amines is 1. The lowest BCUT2D eigenvalue weighted by atomic mass is 10.0. The van der Waals surface area contributed by atoms with Crippen LogP contribution in [-0.2, 0) is 10.9 Å². The van der Waals surface area contributed by atoms with Gasteiger partial charge >= 0.3 is 6.18 Å². The molecule has 2 saturated heterocycles. The number of rotatable bonds is 5. The van der Waals surface area contributed by atoms with E-state index < -0.39 is 40.7 Å². The summed E-state index contributed by atoms with van der Waals surface area (Å²) in [6, 6.07) is 3.25. The highest BCUT2D eigenvalue weighted by molar-refractivity contribution is 6.07. The van der Waals surface area contributed by atoms with Crippen LogP contribution in [0.25, 0.3) is 0 Å². The highest BCUT2D eigenvalue weighted by Gasteiger charge is 2.36. The number of anilines is 2. The maximum absolute atomic E-state index is 15.2. The summed E-state index contributed by atoms with van der Waals surface area (Å²) < 4.78 is 61.4. The molecule has 4 rings (SSSR count). The van der Waals surface area contributed by atoms with Crippen molar-refractivity contribution >= 4 is 17.3 Å². The molecule has 2 aliphatic heterocycles. The van der Waals surface area contributed by atoms with E-state index in [1.54, 1.807) is 0 Å². The summed E-state index contributed by atoms with van der Waals surface area (Å²) in [6.45, 7) is 2.48. The van der Waals surface area contributed by atoms with Crippen LogP contribution < -0.4 is 21.1 Å². The van der Waals surface area contributed by atoms with Crippen molar-refractivity contribution in [2.24, 2.45) is 0 Å². The van der Waals surface area contributed by atoms with Gasteiger partial charge < -0.3 is 30.2 Å². The quantitative estimate of drug-likeness (QED) is 0.551. The van der Waals surface area contributed by atoms with Crippen molar-refractivity contribution < 1.29 is 27.1 Å². The van der Waals surface area contributed by atoms with Gasteiger partial charge in [-0.05, 0) is 32.6 Å². The smallest absolute Gasteiger partial charge is 0.371 e. The lowest BCUT2D eigenvalue weighted by Crippen LogP contribution is -2.34. The van der Waals surface area contributed by atoms with Crippen molar-refractivity contribution in [3.05, 3.63) is 57.3 Å². The van der Waals surface area contributed by atoms with E-state index in [1.165, 1.54) is 12.1 Å². The minimum absolute atomic E-state index is 0.166. The minimum Gasteiger partial charge on any atom is -0.371 e. The fourth-order valence-corrected chi connectivity index (χ4v) is 4.42. The highest BCUT2D eigenvalue weighted by atomic mass is 19.4. The van der Waals surface area contributed by atoms with Crippen LogP contribution in [0, 0.1) is 5.82 Å². The van der Waals surface area contributed by atoms with Crippen molar-refractivity contribution in [1.82, 2.24) is 15.2 Å². The lowest BCUT2D eigenvalue weighted by Gasteiger charge is -2.28. The number of nitrogens with one attached hydrogen (secondary N) is 3. The van der Waals surface area contributed by atoms with Gasteiger partial charge in [-0.2, -0.15) is 13.2 Å². The predicted molar refractivity (Wildman–Crippen MR) is 122 cm³/mol. The molecule has 190 valence electrons. The molecule has 2 aromatic rings. The lowest BCUT2D eigenvalue weighted by molar-refractivity contribution is -0.138. The zero-order chi connectivity index (χ0) is 25.3. The van der Waals surface area contributed by atoms with Gasteiger partial charge in [-0.1, -0.05) is 0 Å². The fourth-order valence-electron chi connectivity index (χ4n) is 4.42. The van der Waals surface area contributed by atoms with E-state index in [0.29, 0.717) is 44.5 Å². The maximum Gasteiger partial charge on any atom is 0.417 e. The Kier molecular flexibility index (Phi) is 7.15. The third kappa shape index (κ3) is 5.49. The first-order valence-corrected chi connectivity index (χ1v) is 11.2. The number of aromatic nitrogens is 1. The normalized spacial score (nSPS) is 20.9. The number of ether oxygens (including phenoxy) is 1. The van der Waals surface area contributed by atoms with Gasteiger partial charge in [0.1, 0.15) is 5.82 Å². The molecular weight excluding hydrogens is 470 g/mol. The Balaban J connectivity index is 1.73. The number of hydrogen-bond acceptors (Lipinski definition) is 6. The Morgan fingerprint density at radius 1 is 1.26 bits per heavy atom. The SMILES string of the molecule is CN(C)[C@@H]1CCN(c2cc(F)c(C3CNCCO3)cc2NC(=O)c2c[nH]c(=O)cc2C(F)(F)F)C1. The number of likely N-dealkylation sites (N-methyl/N-ethyl adjacent to an activating group) is 1. The summed E-state index contributed by atoms with van der Waals surface area (Å²) in [5.41, 5.74) is -2.34. The number of carbonyl (C=O) groups is 1. The molecule has 1 unspecified atom stereocenters. The standard InChI is InChI=1S/C23H27F4N5O3/c1-31(2)13-3-5-32(12-13)19-9-17(24)14(20-11-28-4-6-35-20)7-18(19)30-22(34)15-10-29-21(33)8-16(15)23(25,26)27/h7-10,13,20,28H,3-6,11-12H2,1-2H3,(H,29,33)(H,30,34)/t13-,20?/m1/s1. The summed E-state index contributed by atoms with van der Waals surface area (Å²) in [4.78, 5) is 30.5. The Morgan fingerprint density at radius 2 is 2.03 bits per heavy atom. The zero-order valence-corrected chi connectivity index (χ0v) is 19.3. The molecule has 1 aromatic carbocycles. The number of hydrogen-bond donors (Lipinski definition) is 3. The number of nitrogens with zero attached hydrogens (tertiary/aromatic N) is 2. The number of morpholine rings is 1. The molecule has 2 aliphatic rings. The molecule has 1 amide bonds. The van der Waals surface area contributed by atoms with E-state index in [-0.39, 0.29) is 17.3 Å². The van der Waals surface area contributed by atoms with Crippen molar-refractivity contribution in [2.75, 3.05) is 57.1 Å². The monoisotopic (exact) mass is 497 g/mol. The molecule has 0 bridgehead atoms. The summed E-state index contributed by atoms with van der Waals surface area (Å²) in [5.74, 6) is -1.60. The first-order chi connectivity index (χ1) is 16.5. The maximum atomic E-state index is 15.2. The van der Waals surface area contributed by atoms with Gasteiger partial charge in [0, 0.05) is 50.0 Å². The Bertz CT molecular complexity index is 1140. The molecule has 12 heteroatoms. The second-order valence-corrected chi connectivity index (χ2v) is 8.88. The number of halogens is 4. The summed E-state index contributed by atoms with van der Waals surface area (Å²) in [5, 5.41) is 5.64. The van der Waals surface area contributed by atoms with Crippen molar-refractivity contribution in [2.45, 2.75) is 24.7 Å². The largest absolute Gasteiger partial charge is 0.417 e. The van der Waals surface area contributed by atoms with Gasteiger partial charge in [-0.15, -0.1) is 0 Å². The molecule has 35 heavy (non-hydrogen) atoms. The van der Waals surface area contributed by atoms with E-state index in [4.69, 9.17) is 4.74 Å². The zero-order valence-electron chi connectivity index (χ0n) is 19.3. The molecular formula is C23H27F4N5O3. The van der Waals surface area contributed by atoms with E-state index in [0.717, 1.165) is 12.6 Å². The van der Waals surface area contributed by atoms with Gasteiger partial charge in [-0.25, -0.2) is 4.39 Å². The first kappa shape index (κ1) is 25.1. The minimum atomic E-state index is -4.91. The number of H-pyrrole nitrogens is 1. The average molecular weight is 497 g/mol. The molecule has 0 radical (unpaired) electrons. The van der Waals surface area contributed by atoms with Gasteiger partial charge in [-0.3, -0.25) is 9.59 Å². The molecule has 1 aromatic heterocycles. The summed E-state index contributed by atoms with van der Waals surface area (Å²) >= 11 is 0. The van der Waals surface area contributed by atoms with Crippen LogP contribution in [0.1, 0.15) is 34.0 Å². The number of amides is 1. The molecule has 3 heterocycles. The third-order valence-corrected chi connectivity index (χ3v) is 6.35. The average Bonchev–Trinajstić information content (AvgIpc) is 3.30. The molecule has 0 saturated carbocycles. The second kappa shape index (κ2) is 9.96. The highest BCUT2D eigenvalue weighted by Crippen LogP contribution is 2.37. The van der Waals surface area contributed by atoms with Crippen LogP contribution >= 0.6 is 0 Å². The van der Waals surface area contributed by atoms with Crippen LogP contribution in [0.15, 0.2) is 29.2 Å². The van der Waals surface area contributed by atoms with Gasteiger partial charge in [0.15, 0.2) is 0 Å². The van der Waals surface area contributed by atoms with Crippen molar-refractivity contribution in [3.63, 3.8) is 0 Å². The van der Waals surface area contributed by atoms with Crippen molar-refractivity contribution in [3.8, 4) is 0 Å². The fraction of sp³-hybridized carbons (Fsp3) is 0.478. The van der Waals surface area contributed by atoms with Crippen LogP contribution in [-0.4, -0.2) is 68.7 Å². The molecule has 8 nitrogen and oxygen atoms in total. The topological polar surface area (TPSA) is 89.7 Å². The predicted octanol–water partition coefficient (Wildman–Crippen LogP) is 2.59. The first-order valence-electron chi connectivity index (χ1n) is 11.2. The van der Waals surface area contributed by atoms with Gasteiger partial charge in [0.2, 0.25) is 5.56 Å². The third-order valence-electron chi connectivity index (χ3n) is 6.35. The Morgan fingerprint density at radius 3 is 2.66 bits per heavy atom. The Labute approximate surface area is 199 Å². The molecule has 3 N–H and O–H groups in total. The molecule has 0 spiro atoms. The van der Waals surface area contributed by atoms with Gasteiger partial charge in [0.25, 0.3) is 5.91 Å². The summed E-state index contributed by atoms with van der Waals surface area (Å²) in [7, 11) is 3.87. The number of alkyl halides is 3. The molecule has 2 atom stereocenters. The summed E-state index contributed by atoms with van der Waals surface area (Å²) in [6.07, 6.45) is -3.98.